The number of aryl methyl sites for hydroxylation is 1. The molecule has 13 heteroatoms. The average Bonchev–Trinajstić information content (AvgIpc) is 3.34. The van der Waals surface area contributed by atoms with Crippen molar-refractivity contribution in [3.63, 3.8) is 0 Å². The summed E-state index contributed by atoms with van der Waals surface area (Å²) in [5.74, 6) is -3.34. The number of hydrogen-bond acceptors (Lipinski definition) is 8. The first-order valence-corrected chi connectivity index (χ1v) is 12.4. The average molecular weight is 547 g/mol. The molecule has 0 amide bonds. The van der Waals surface area contributed by atoms with E-state index in [1.54, 1.807) is 12.1 Å². The number of aliphatic carboxylic acids is 1. The van der Waals surface area contributed by atoms with E-state index < -0.39 is 29.4 Å². The Labute approximate surface area is 223 Å². The van der Waals surface area contributed by atoms with Gasteiger partial charge in [-0.1, -0.05) is 0 Å². The van der Waals surface area contributed by atoms with Crippen molar-refractivity contribution < 1.29 is 32.6 Å². The van der Waals surface area contributed by atoms with Crippen LogP contribution >= 0.6 is 0 Å². The second kappa shape index (κ2) is 12.2. The molecule has 2 aromatic carbocycles. The van der Waals surface area contributed by atoms with Crippen LogP contribution in [-0.4, -0.2) is 75.5 Å². The molecule has 4 rings (SSSR count). The van der Waals surface area contributed by atoms with E-state index in [4.69, 9.17) is 9.84 Å². The van der Waals surface area contributed by atoms with Crippen molar-refractivity contribution in [3.05, 3.63) is 59.7 Å². The molecule has 1 aliphatic rings. The van der Waals surface area contributed by atoms with Crippen LogP contribution in [0.3, 0.4) is 0 Å². The number of carbonyl (C=O) groups is 2. The molecule has 39 heavy (non-hydrogen) atoms. The minimum absolute atomic E-state index is 0.0479. The Kier molecular flexibility index (Phi) is 8.69. The lowest BCUT2D eigenvalue weighted by atomic mass is 10.1. The molecule has 1 fully saturated rings. The number of piperazine rings is 1. The minimum Gasteiger partial charge on any atom is -0.481 e. The minimum atomic E-state index is -0.925. The predicted octanol–water partition coefficient (Wildman–Crippen LogP) is 3.66. The van der Waals surface area contributed by atoms with Gasteiger partial charge in [-0.05, 0) is 43.2 Å². The van der Waals surface area contributed by atoms with Crippen LogP contribution in [0.15, 0.2) is 36.7 Å². The van der Waals surface area contributed by atoms with Crippen LogP contribution in [0.2, 0.25) is 0 Å². The molecule has 0 radical (unpaired) electrons. The van der Waals surface area contributed by atoms with E-state index in [2.05, 4.69) is 20.3 Å². The number of ether oxygens (including phenoxy) is 1. The van der Waals surface area contributed by atoms with E-state index in [9.17, 15) is 18.4 Å². The molecular weight excluding hydrogens is 517 g/mol. The standard InChI is InChI=1S/C26H29F3N6O4/c1-16-9-22(31-26-30-15-35(32-26)21-12-18(27)11-19(28)13-21)25(29)23(10-16)34-7-5-33(6-8-34)20(3-4-24(37)38)14-39-17(2)36/h9-13,15,20H,3-8,14H2,1-2H3,(H,31,32)(H,37,38). The topological polar surface area (TPSA) is 113 Å². The van der Waals surface area contributed by atoms with Gasteiger partial charge in [0.15, 0.2) is 5.82 Å². The Hall–Kier alpha value is -4.13. The van der Waals surface area contributed by atoms with E-state index in [1.165, 1.54) is 17.9 Å². The van der Waals surface area contributed by atoms with Crippen LogP contribution in [0, 0.1) is 24.4 Å². The highest BCUT2D eigenvalue weighted by Gasteiger charge is 2.27. The number of nitrogens with one attached hydrogen (secondary N) is 1. The fourth-order valence-electron chi connectivity index (χ4n) is 4.51. The molecule has 1 aromatic heterocycles. The van der Waals surface area contributed by atoms with Crippen molar-refractivity contribution in [2.24, 2.45) is 0 Å². The summed E-state index contributed by atoms with van der Waals surface area (Å²) in [5.41, 5.74) is 1.44. The molecule has 0 aliphatic carbocycles. The molecule has 3 aromatic rings. The van der Waals surface area contributed by atoms with E-state index in [0.29, 0.717) is 38.3 Å². The van der Waals surface area contributed by atoms with Crippen LogP contribution in [-0.2, 0) is 14.3 Å². The number of halogens is 3. The number of aromatic nitrogens is 3. The normalized spacial score (nSPS) is 14.7. The molecule has 1 aliphatic heterocycles. The molecule has 10 nitrogen and oxygen atoms in total. The lowest BCUT2D eigenvalue weighted by Gasteiger charge is -2.40. The first-order chi connectivity index (χ1) is 18.6. The van der Waals surface area contributed by atoms with Gasteiger partial charge in [0.2, 0.25) is 5.95 Å². The van der Waals surface area contributed by atoms with Gasteiger partial charge in [0, 0.05) is 51.6 Å². The monoisotopic (exact) mass is 546 g/mol. The second-order valence-corrected chi connectivity index (χ2v) is 9.32. The molecule has 2 heterocycles. The number of benzene rings is 2. The van der Waals surface area contributed by atoms with Gasteiger partial charge in [0.25, 0.3) is 0 Å². The van der Waals surface area contributed by atoms with Crippen LogP contribution in [0.1, 0.15) is 25.3 Å². The molecule has 0 spiro atoms. The van der Waals surface area contributed by atoms with Gasteiger partial charge in [-0.2, -0.15) is 4.98 Å². The van der Waals surface area contributed by atoms with Crippen LogP contribution < -0.4 is 10.2 Å². The highest BCUT2D eigenvalue weighted by molar-refractivity contribution is 5.67. The van der Waals surface area contributed by atoms with Crippen molar-refractivity contribution in [3.8, 4) is 5.69 Å². The van der Waals surface area contributed by atoms with Gasteiger partial charge in [0.1, 0.15) is 24.6 Å². The molecule has 208 valence electrons. The molecule has 1 unspecified atom stereocenters. The maximum atomic E-state index is 15.6. The summed E-state index contributed by atoms with van der Waals surface area (Å²) in [6.45, 7) is 5.22. The third kappa shape index (κ3) is 7.25. The predicted molar refractivity (Wildman–Crippen MR) is 137 cm³/mol. The molecule has 0 bridgehead atoms. The largest absolute Gasteiger partial charge is 0.481 e. The molecular formula is C26H29F3N6O4. The lowest BCUT2D eigenvalue weighted by Crippen LogP contribution is -2.52. The molecule has 1 atom stereocenters. The molecule has 1 saturated heterocycles. The number of anilines is 3. The van der Waals surface area contributed by atoms with Gasteiger partial charge in [0.05, 0.1) is 17.1 Å². The Morgan fingerprint density at radius 2 is 1.77 bits per heavy atom. The number of hydrogen-bond donors (Lipinski definition) is 2. The van der Waals surface area contributed by atoms with Crippen LogP contribution in [0.4, 0.5) is 30.5 Å². The van der Waals surface area contributed by atoms with E-state index >= 15 is 4.39 Å². The van der Waals surface area contributed by atoms with Gasteiger partial charge in [-0.3, -0.25) is 14.5 Å². The Balaban J connectivity index is 1.46. The summed E-state index contributed by atoms with van der Waals surface area (Å²) < 4.78 is 49.1. The van der Waals surface area contributed by atoms with Crippen molar-refractivity contribution >= 4 is 29.3 Å². The number of nitrogens with zero attached hydrogens (tertiary/aromatic N) is 5. The lowest BCUT2D eigenvalue weighted by molar-refractivity contribution is -0.143. The Morgan fingerprint density at radius 3 is 2.41 bits per heavy atom. The van der Waals surface area contributed by atoms with Crippen molar-refractivity contribution in [2.45, 2.75) is 32.7 Å². The second-order valence-electron chi connectivity index (χ2n) is 9.32. The van der Waals surface area contributed by atoms with Gasteiger partial charge >= 0.3 is 11.9 Å². The van der Waals surface area contributed by atoms with Crippen molar-refractivity contribution in [2.75, 3.05) is 43.0 Å². The zero-order valence-electron chi connectivity index (χ0n) is 21.5. The molecule has 0 saturated carbocycles. The summed E-state index contributed by atoms with van der Waals surface area (Å²) in [4.78, 5) is 30.4. The third-order valence-electron chi connectivity index (χ3n) is 6.39. The highest BCUT2D eigenvalue weighted by atomic mass is 19.1. The first kappa shape index (κ1) is 27.9. The zero-order valence-corrected chi connectivity index (χ0v) is 21.5. The van der Waals surface area contributed by atoms with Crippen molar-refractivity contribution in [1.29, 1.82) is 0 Å². The first-order valence-electron chi connectivity index (χ1n) is 12.4. The summed E-state index contributed by atoms with van der Waals surface area (Å²) in [6, 6.07) is 6.05. The van der Waals surface area contributed by atoms with E-state index in [0.717, 1.165) is 23.8 Å². The number of esters is 1. The number of carbonyl (C=O) groups excluding carboxylic acids is 1. The van der Waals surface area contributed by atoms with Crippen LogP contribution in [0.5, 0.6) is 0 Å². The summed E-state index contributed by atoms with van der Waals surface area (Å²) in [7, 11) is 0. The summed E-state index contributed by atoms with van der Waals surface area (Å²) >= 11 is 0. The van der Waals surface area contributed by atoms with Gasteiger partial charge in [-0.15, -0.1) is 5.10 Å². The third-order valence-corrected chi connectivity index (χ3v) is 6.39. The van der Waals surface area contributed by atoms with Gasteiger partial charge in [-0.25, -0.2) is 17.9 Å². The summed E-state index contributed by atoms with van der Waals surface area (Å²) in [5, 5.41) is 16.1. The van der Waals surface area contributed by atoms with E-state index in [-0.39, 0.29) is 36.4 Å². The SMILES string of the molecule is CC(=O)OCC(CCC(=O)O)N1CCN(c2cc(C)cc(Nc3ncn(-c4cc(F)cc(F)c4)n3)c2F)CC1. The summed E-state index contributed by atoms with van der Waals surface area (Å²) in [6.07, 6.45) is 1.55. The maximum absolute atomic E-state index is 15.6. The Morgan fingerprint density at radius 1 is 1.08 bits per heavy atom. The fraction of sp³-hybridized carbons (Fsp3) is 0.385. The molecule has 2 N–H and O–H groups in total. The number of rotatable bonds is 10. The number of carboxylic acid groups (broad SMARTS) is 1. The fourth-order valence-corrected chi connectivity index (χ4v) is 4.51. The Bertz CT molecular complexity index is 1300. The maximum Gasteiger partial charge on any atom is 0.303 e. The van der Waals surface area contributed by atoms with Crippen LogP contribution in [0.25, 0.3) is 5.69 Å². The van der Waals surface area contributed by atoms with Crippen molar-refractivity contribution in [1.82, 2.24) is 19.7 Å². The van der Waals surface area contributed by atoms with E-state index in [1.807, 2.05) is 11.8 Å². The quantitative estimate of drug-likeness (QED) is 0.368. The van der Waals surface area contributed by atoms with Gasteiger partial charge < -0.3 is 20.1 Å². The number of carboxylic acids is 1. The highest BCUT2D eigenvalue weighted by Crippen LogP contribution is 2.30. The zero-order chi connectivity index (χ0) is 28.1. The smallest absolute Gasteiger partial charge is 0.303 e.